The topological polar surface area (TPSA) is 61.4 Å². The molecule has 122 valence electrons. The normalized spacial score (nSPS) is 15.4. The van der Waals surface area contributed by atoms with Gasteiger partial charge in [0.2, 0.25) is 9.84 Å². The Bertz CT molecular complexity index is 770. The third-order valence-electron chi connectivity index (χ3n) is 4.06. The Morgan fingerprint density at radius 3 is 2.39 bits per heavy atom. The fraction of sp³-hybridized carbons (Fsp3) is 0.294. The molecule has 5 nitrogen and oxygen atoms in total. The number of sulfone groups is 1. The number of hydrogen-bond acceptors (Lipinski definition) is 5. The van der Waals surface area contributed by atoms with Crippen LogP contribution in [0.3, 0.4) is 0 Å². The Hall–Kier alpha value is -2.05. The molecule has 6 heteroatoms. The number of nitrogens with zero attached hydrogens (tertiary/aromatic N) is 1. The van der Waals surface area contributed by atoms with E-state index >= 15 is 0 Å². The van der Waals surface area contributed by atoms with Crippen LogP contribution in [0.2, 0.25) is 0 Å². The van der Waals surface area contributed by atoms with Gasteiger partial charge in [0.15, 0.2) is 0 Å². The van der Waals surface area contributed by atoms with Crippen LogP contribution in [-0.2, 0) is 9.84 Å². The second kappa shape index (κ2) is 6.60. The molecule has 0 atom stereocenters. The molecular formula is C17H21N3O2S. The van der Waals surface area contributed by atoms with Gasteiger partial charge >= 0.3 is 0 Å². The van der Waals surface area contributed by atoms with E-state index in [1.165, 1.54) is 0 Å². The van der Waals surface area contributed by atoms with Crippen LogP contribution in [0.1, 0.15) is 0 Å². The minimum atomic E-state index is -3.52. The maximum atomic E-state index is 12.8. The summed E-state index contributed by atoms with van der Waals surface area (Å²) >= 11 is 0. The van der Waals surface area contributed by atoms with E-state index in [9.17, 15) is 8.42 Å². The maximum Gasteiger partial charge on any atom is 0.208 e. The minimum Gasteiger partial charge on any atom is -0.387 e. The van der Waals surface area contributed by atoms with Crippen molar-refractivity contribution in [1.82, 2.24) is 5.32 Å². The Morgan fingerprint density at radius 1 is 1.04 bits per heavy atom. The lowest BCUT2D eigenvalue weighted by molar-refractivity contribution is 0.588. The first kappa shape index (κ1) is 15.8. The average molecular weight is 331 g/mol. The lowest BCUT2D eigenvalue weighted by atomic mass is 10.2. The van der Waals surface area contributed by atoms with Gasteiger partial charge < -0.3 is 15.5 Å². The van der Waals surface area contributed by atoms with Gasteiger partial charge in [-0.05, 0) is 30.3 Å². The van der Waals surface area contributed by atoms with Crippen LogP contribution in [0.4, 0.5) is 11.4 Å². The first-order valence-electron chi connectivity index (χ1n) is 7.70. The molecule has 23 heavy (non-hydrogen) atoms. The molecule has 0 radical (unpaired) electrons. The van der Waals surface area contributed by atoms with Gasteiger partial charge in [-0.3, -0.25) is 0 Å². The van der Waals surface area contributed by atoms with E-state index in [0.29, 0.717) is 15.5 Å². The lowest BCUT2D eigenvalue weighted by Gasteiger charge is -2.30. The van der Waals surface area contributed by atoms with Gasteiger partial charge in [-0.25, -0.2) is 8.42 Å². The highest BCUT2D eigenvalue weighted by atomic mass is 32.2. The van der Waals surface area contributed by atoms with Crippen LogP contribution in [0, 0.1) is 0 Å². The predicted octanol–water partition coefficient (Wildman–Crippen LogP) is 1.97. The van der Waals surface area contributed by atoms with Crippen molar-refractivity contribution in [2.24, 2.45) is 0 Å². The molecule has 0 saturated carbocycles. The summed E-state index contributed by atoms with van der Waals surface area (Å²) < 4.78 is 25.7. The number of hydrogen-bond donors (Lipinski definition) is 2. The second-order valence-corrected chi connectivity index (χ2v) is 7.40. The van der Waals surface area contributed by atoms with Crippen molar-refractivity contribution in [3.63, 3.8) is 0 Å². The number of benzene rings is 2. The summed E-state index contributed by atoms with van der Waals surface area (Å²) in [5.74, 6) is 0. The van der Waals surface area contributed by atoms with Gasteiger partial charge in [0, 0.05) is 38.9 Å². The first-order chi connectivity index (χ1) is 11.1. The fourth-order valence-corrected chi connectivity index (χ4v) is 4.26. The molecule has 0 bridgehead atoms. The Labute approximate surface area is 137 Å². The maximum absolute atomic E-state index is 12.8. The molecule has 2 aromatic rings. The lowest BCUT2D eigenvalue weighted by Crippen LogP contribution is -2.43. The number of rotatable bonds is 4. The second-order valence-electron chi connectivity index (χ2n) is 5.48. The van der Waals surface area contributed by atoms with Crippen molar-refractivity contribution in [1.29, 1.82) is 0 Å². The molecule has 2 aromatic carbocycles. The summed E-state index contributed by atoms with van der Waals surface area (Å²) in [6, 6.07) is 14.0. The van der Waals surface area contributed by atoms with Crippen LogP contribution >= 0.6 is 0 Å². The van der Waals surface area contributed by atoms with Gasteiger partial charge in [-0.15, -0.1) is 0 Å². The first-order valence-corrected chi connectivity index (χ1v) is 9.19. The van der Waals surface area contributed by atoms with Crippen molar-refractivity contribution in [3.8, 4) is 0 Å². The third kappa shape index (κ3) is 3.18. The standard InChI is InChI=1S/C17H21N3O2S/c1-18-16-13-14(20-11-9-19-10-12-20)7-8-17(16)23(21,22)15-5-3-2-4-6-15/h2-8,13,18-19H,9-12H2,1H3. The number of piperazine rings is 1. The zero-order valence-electron chi connectivity index (χ0n) is 13.1. The van der Waals surface area contributed by atoms with Crippen LogP contribution in [0.5, 0.6) is 0 Å². The van der Waals surface area contributed by atoms with Crippen LogP contribution < -0.4 is 15.5 Å². The summed E-state index contributed by atoms with van der Waals surface area (Å²) in [7, 11) is -1.77. The van der Waals surface area contributed by atoms with E-state index in [1.807, 2.05) is 18.2 Å². The van der Waals surface area contributed by atoms with Gasteiger partial charge in [0.05, 0.1) is 15.5 Å². The zero-order chi connectivity index (χ0) is 16.3. The van der Waals surface area contributed by atoms with Gasteiger partial charge in [0.25, 0.3) is 0 Å². The Morgan fingerprint density at radius 2 is 1.74 bits per heavy atom. The van der Waals surface area contributed by atoms with E-state index < -0.39 is 9.84 Å². The Kier molecular flexibility index (Phi) is 4.54. The molecule has 2 N–H and O–H groups in total. The van der Waals surface area contributed by atoms with Gasteiger partial charge in [-0.1, -0.05) is 18.2 Å². The van der Waals surface area contributed by atoms with E-state index in [-0.39, 0.29) is 0 Å². The van der Waals surface area contributed by atoms with Crippen LogP contribution in [0.15, 0.2) is 58.3 Å². The molecule has 0 aliphatic carbocycles. The van der Waals surface area contributed by atoms with E-state index in [2.05, 4.69) is 15.5 Å². The van der Waals surface area contributed by atoms with Crippen molar-refractivity contribution in [2.75, 3.05) is 43.4 Å². The van der Waals surface area contributed by atoms with Gasteiger partial charge in [0.1, 0.15) is 0 Å². The highest BCUT2D eigenvalue weighted by Crippen LogP contribution is 2.31. The van der Waals surface area contributed by atoms with Crippen LogP contribution in [-0.4, -0.2) is 41.6 Å². The van der Waals surface area contributed by atoms with E-state index in [4.69, 9.17) is 0 Å². The Balaban J connectivity index is 2.00. The quantitative estimate of drug-likeness (QED) is 0.897. The molecule has 3 rings (SSSR count). The largest absolute Gasteiger partial charge is 0.387 e. The summed E-state index contributed by atoms with van der Waals surface area (Å²) in [6.07, 6.45) is 0. The third-order valence-corrected chi connectivity index (χ3v) is 5.89. The molecule has 0 amide bonds. The van der Waals surface area contributed by atoms with Crippen LogP contribution in [0.25, 0.3) is 0 Å². The summed E-state index contributed by atoms with van der Waals surface area (Å²) in [4.78, 5) is 2.88. The smallest absolute Gasteiger partial charge is 0.208 e. The monoisotopic (exact) mass is 331 g/mol. The van der Waals surface area contributed by atoms with Crippen molar-refractivity contribution < 1.29 is 8.42 Å². The fourth-order valence-electron chi connectivity index (χ4n) is 2.79. The molecule has 0 unspecified atom stereocenters. The summed E-state index contributed by atoms with van der Waals surface area (Å²) in [6.45, 7) is 3.74. The molecule has 1 fully saturated rings. The highest BCUT2D eigenvalue weighted by molar-refractivity contribution is 7.91. The number of anilines is 2. The SMILES string of the molecule is CNc1cc(N2CCNCC2)ccc1S(=O)(=O)c1ccccc1. The molecule has 1 heterocycles. The van der Waals surface area contributed by atoms with Crippen molar-refractivity contribution in [2.45, 2.75) is 9.79 Å². The molecule has 1 saturated heterocycles. The average Bonchev–Trinajstić information content (AvgIpc) is 2.62. The predicted molar refractivity (Wildman–Crippen MR) is 93.0 cm³/mol. The molecule has 1 aliphatic heterocycles. The summed E-state index contributed by atoms with van der Waals surface area (Å²) in [5, 5.41) is 6.35. The minimum absolute atomic E-state index is 0.310. The molecular weight excluding hydrogens is 310 g/mol. The molecule has 0 aromatic heterocycles. The van der Waals surface area contributed by atoms with E-state index in [1.54, 1.807) is 37.4 Å². The molecule has 0 spiro atoms. The van der Waals surface area contributed by atoms with E-state index in [0.717, 1.165) is 31.9 Å². The highest BCUT2D eigenvalue weighted by Gasteiger charge is 2.22. The van der Waals surface area contributed by atoms with Crippen molar-refractivity contribution >= 4 is 21.2 Å². The van der Waals surface area contributed by atoms with Crippen molar-refractivity contribution in [3.05, 3.63) is 48.5 Å². The van der Waals surface area contributed by atoms with Gasteiger partial charge in [-0.2, -0.15) is 0 Å². The molecule has 1 aliphatic rings. The zero-order valence-corrected chi connectivity index (χ0v) is 13.9. The number of nitrogens with one attached hydrogen (secondary N) is 2. The summed E-state index contributed by atoms with van der Waals surface area (Å²) in [5.41, 5.74) is 1.67.